The lowest BCUT2D eigenvalue weighted by molar-refractivity contribution is -0.176. The third kappa shape index (κ3) is 1.57. The van der Waals surface area contributed by atoms with E-state index in [1.807, 2.05) is 0 Å². The first-order valence-corrected chi connectivity index (χ1v) is 3.86. The van der Waals surface area contributed by atoms with Crippen LogP contribution in [-0.4, -0.2) is 56.8 Å². The van der Waals surface area contributed by atoms with E-state index >= 15 is 0 Å². The number of ether oxygens (including phenoxy) is 1. The average molecular weight is 206 g/mol. The van der Waals surface area contributed by atoms with Crippen molar-refractivity contribution in [3.8, 4) is 0 Å². The molecule has 2 unspecified atom stereocenters. The molecule has 1 saturated heterocycles. The summed E-state index contributed by atoms with van der Waals surface area (Å²) >= 11 is 0. The number of carbonyl (C=O) groups is 2. The van der Waals surface area contributed by atoms with Gasteiger partial charge in [-0.25, -0.2) is 9.59 Å². The van der Waals surface area contributed by atoms with Gasteiger partial charge in [0.2, 0.25) is 0 Å². The first-order chi connectivity index (χ1) is 6.43. The lowest BCUT2D eigenvalue weighted by Gasteiger charge is -2.20. The number of rotatable bonds is 3. The summed E-state index contributed by atoms with van der Waals surface area (Å²) in [5.41, 5.74) is -2.00. The fraction of sp³-hybridized carbons (Fsp3) is 0.714. The Labute approximate surface area is 78.5 Å². The minimum Gasteiger partial charge on any atom is -0.479 e. The maximum atomic E-state index is 10.7. The molecule has 1 rings (SSSR count). The number of carboxylic acids is 2. The molecule has 7 nitrogen and oxygen atoms in total. The highest BCUT2D eigenvalue weighted by Crippen LogP contribution is 2.30. The highest BCUT2D eigenvalue weighted by atomic mass is 16.6. The molecule has 0 amide bonds. The molecule has 1 heterocycles. The molecule has 0 aromatic carbocycles. The number of hydrogen-bond acceptors (Lipinski definition) is 5. The molecule has 0 aromatic heterocycles. The van der Waals surface area contributed by atoms with Gasteiger partial charge >= 0.3 is 11.9 Å². The van der Waals surface area contributed by atoms with Gasteiger partial charge in [-0.1, -0.05) is 0 Å². The van der Waals surface area contributed by atoms with E-state index in [1.165, 1.54) is 0 Å². The molecule has 0 radical (unpaired) electrons. The lowest BCUT2D eigenvalue weighted by atomic mass is 9.99. The van der Waals surface area contributed by atoms with Gasteiger partial charge in [0.25, 0.3) is 0 Å². The van der Waals surface area contributed by atoms with Crippen LogP contribution in [0.15, 0.2) is 0 Å². The van der Waals surface area contributed by atoms with Crippen molar-refractivity contribution >= 4 is 11.9 Å². The van der Waals surface area contributed by atoms with Crippen LogP contribution in [0.4, 0.5) is 0 Å². The Hall–Kier alpha value is -1.18. The Kier molecular flexibility index (Phi) is 2.74. The highest BCUT2D eigenvalue weighted by Gasteiger charge is 2.53. The summed E-state index contributed by atoms with van der Waals surface area (Å²) in [7, 11) is 0. The molecular formula is C7H10O7. The van der Waals surface area contributed by atoms with Crippen LogP contribution in [0.5, 0.6) is 0 Å². The molecule has 0 aliphatic carbocycles. The highest BCUT2D eigenvalue weighted by molar-refractivity contribution is 5.81. The van der Waals surface area contributed by atoms with Crippen molar-refractivity contribution in [3.05, 3.63) is 0 Å². The minimum atomic E-state index is -2.00. The largest absolute Gasteiger partial charge is 0.479 e. The third-order valence-electron chi connectivity index (χ3n) is 2.13. The van der Waals surface area contributed by atoms with Crippen LogP contribution in [0.1, 0.15) is 6.42 Å². The molecule has 7 heteroatoms. The van der Waals surface area contributed by atoms with Gasteiger partial charge in [0.15, 0.2) is 11.7 Å². The number of hydrogen-bond donors (Lipinski definition) is 4. The number of carboxylic acid groups (broad SMARTS) is 2. The molecule has 14 heavy (non-hydrogen) atoms. The molecular weight excluding hydrogens is 196 g/mol. The van der Waals surface area contributed by atoms with E-state index in [0.29, 0.717) is 0 Å². The van der Waals surface area contributed by atoms with E-state index in [2.05, 4.69) is 4.74 Å². The second-order valence-electron chi connectivity index (χ2n) is 3.11. The smallest absolute Gasteiger partial charge is 0.338 e. The van der Waals surface area contributed by atoms with Crippen LogP contribution >= 0.6 is 0 Å². The van der Waals surface area contributed by atoms with E-state index in [9.17, 15) is 14.7 Å². The molecule has 1 aliphatic heterocycles. The van der Waals surface area contributed by atoms with Gasteiger partial charge in [-0.05, 0) is 0 Å². The molecule has 0 spiro atoms. The van der Waals surface area contributed by atoms with Gasteiger partial charge in [-0.2, -0.15) is 0 Å². The Morgan fingerprint density at radius 2 is 2.00 bits per heavy atom. The zero-order chi connectivity index (χ0) is 10.9. The zero-order valence-corrected chi connectivity index (χ0v) is 7.08. The predicted molar refractivity (Wildman–Crippen MR) is 40.6 cm³/mol. The number of aliphatic hydroxyl groups excluding tert-OH is 2. The summed E-state index contributed by atoms with van der Waals surface area (Å²) in [5.74, 6) is -2.93. The van der Waals surface area contributed by atoms with E-state index < -0.39 is 42.8 Å². The van der Waals surface area contributed by atoms with Crippen LogP contribution in [0, 0.1) is 0 Å². The van der Waals surface area contributed by atoms with Gasteiger partial charge in [0.1, 0.15) is 0 Å². The van der Waals surface area contributed by atoms with Crippen molar-refractivity contribution in [1.82, 2.24) is 0 Å². The van der Waals surface area contributed by atoms with Crippen molar-refractivity contribution in [1.29, 1.82) is 0 Å². The molecule has 0 bridgehead atoms. The summed E-state index contributed by atoms with van der Waals surface area (Å²) in [6.45, 7) is -0.872. The second kappa shape index (κ2) is 3.52. The van der Waals surface area contributed by atoms with Crippen LogP contribution in [0.3, 0.4) is 0 Å². The molecule has 1 fully saturated rings. The molecule has 0 saturated carbocycles. The van der Waals surface area contributed by atoms with Crippen molar-refractivity contribution in [2.75, 3.05) is 6.61 Å². The summed E-state index contributed by atoms with van der Waals surface area (Å²) in [4.78, 5) is 21.2. The Balaban J connectivity index is 2.87. The van der Waals surface area contributed by atoms with Crippen molar-refractivity contribution in [2.45, 2.75) is 24.2 Å². The SMILES string of the molecule is O=C(O)C1OC(CO)(C(=O)O)C[C@H]1O. The van der Waals surface area contributed by atoms with Gasteiger partial charge in [-0.3, -0.25) is 0 Å². The third-order valence-corrected chi connectivity index (χ3v) is 2.13. The van der Waals surface area contributed by atoms with Crippen LogP contribution in [0.25, 0.3) is 0 Å². The maximum absolute atomic E-state index is 10.7. The number of aliphatic carboxylic acids is 2. The first kappa shape index (κ1) is 10.9. The molecule has 1 aliphatic rings. The molecule has 4 N–H and O–H groups in total. The molecule has 80 valence electrons. The Morgan fingerprint density at radius 1 is 1.43 bits per heavy atom. The summed E-state index contributed by atoms with van der Waals surface area (Å²) in [6.07, 6.45) is -3.45. The monoisotopic (exact) mass is 206 g/mol. The van der Waals surface area contributed by atoms with E-state index in [-0.39, 0.29) is 0 Å². The lowest BCUT2D eigenvalue weighted by Crippen LogP contribution is -2.43. The standard InChI is InChI=1S/C7H10O7/c8-2-7(6(12)13)1-3(9)4(14-7)5(10)11/h3-4,8-9H,1-2H2,(H,10,11)(H,12,13)/t3-,4?,7?/m1/s1. The Bertz CT molecular complexity index is 263. The van der Waals surface area contributed by atoms with Crippen molar-refractivity contribution in [2.24, 2.45) is 0 Å². The van der Waals surface area contributed by atoms with Crippen LogP contribution < -0.4 is 0 Å². The fourth-order valence-electron chi connectivity index (χ4n) is 1.34. The Morgan fingerprint density at radius 3 is 2.21 bits per heavy atom. The van der Waals surface area contributed by atoms with Gasteiger partial charge in [-0.15, -0.1) is 0 Å². The second-order valence-corrected chi connectivity index (χ2v) is 3.11. The maximum Gasteiger partial charge on any atom is 0.338 e. The van der Waals surface area contributed by atoms with E-state index in [4.69, 9.17) is 15.3 Å². The van der Waals surface area contributed by atoms with Crippen molar-refractivity contribution < 1.29 is 34.8 Å². The van der Waals surface area contributed by atoms with Crippen LogP contribution in [-0.2, 0) is 14.3 Å². The van der Waals surface area contributed by atoms with E-state index in [1.54, 1.807) is 0 Å². The van der Waals surface area contributed by atoms with Gasteiger partial charge in [0.05, 0.1) is 12.7 Å². The first-order valence-electron chi connectivity index (χ1n) is 3.86. The summed E-state index contributed by atoms with van der Waals surface area (Å²) in [5, 5.41) is 35.2. The molecule has 3 atom stereocenters. The van der Waals surface area contributed by atoms with Crippen molar-refractivity contribution in [3.63, 3.8) is 0 Å². The summed E-state index contributed by atoms with van der Waals surface area (Å²) < 4.78 is 4.63. The van der Waals surface area contributed by atoms with Gasteiger partial charge in [0, 0.05) is 6.42 Å². The summed E-state index contributed by atoms with van der Waals surface area (Å²) in [6, 6.07) is 0. The normalized spacial score (nSPS) is 37.0. The average Bonchev–Trinajstić information content (AvgIpc) is 2.44. The molecule has 0 aromatic rings. The minimum absolute atomic E-state index is 0.435. The zero-order valence-electron chi connectivity index (χ0n) is 7.08. The quantitative estimate of drug-likeness (QED) is 0.422. The van der Waals surface area contributed by atoms with E-state index in [0.717, 1.165) is 0 Å². The fourth-order valence-corrected chi connectivity index (χ4v) is 1.34. The van der Waals surface area contributed by atoms with Gasteiger partial charge < -0.3 is 25.2 Å². The van der Waals surface area contributed by atoms with Crippen LogP contribution in [0.2, 0.25) is 0 Å². The predicted octanol–water partition coefficient (Wildman–Crippen LogP) is -1.96. The number of aliphatic hydroxyl groups is 2. The topological polar surface area (TPSA) is 124 Å².